The van der Waals surface area contributed by atoms with E-state index in [1.807, 2.05) is 12.1 Å². The number of rotatable bonds is 4. The van der Waals surface area contributed by atoms with Gasteiger partial charge in [0.2, 0.25) is 0 Å². The van der Waals surface area contributed by atoms with Gasteiger partial charge >= 0.3 is 0 Å². The molecule has 2 aromatic rings. The lowest BCUT2D eigenvalue weighted by atomic mass is 9.96. The number of furan rings is 1. The molecule has 1 unspecified atom stereocenters. The van der Waals surface area contributed by atoms with Gasteiger partial charge in [-0.05, 0) is 37.8 Å². The van der Waals surface area contributed by atoms with Gasteiger partial charge in [-0.25, -0.2) is 4.98 Å². The van der Waals surface area contributed by atoms with Crippen molar-refractivity contribution >= 4 is 16.8 Å². The van der Waals surface area contributed by atoms with Crippen molar-refractivity contribution in [2.45, 2.75) is 25.3 Å². The molecule has 3 N–H and O–H groups in total. The standard InChI is InChI=1S/C13H17N3O/c1-13(8-14,9-2-3-9)16-12-10-5-7-17-11(10)4-6-15-12/h4-7,9H,2-3,8,14H2,1H3,(H,15,16). The highest BCUT2D eigenvalue weighted by atomic mass is 16.3. The van der Waals surface area contributed by atoms with Crippen LogP contribution in [0.15, 0.2) is 29.0 Å². The fraction of sp³-hybridized carbons (Fsp3) is 0.462. The molecule has 1 aliphatic rings. The quantitative estimate of drug-likeness (QED) is 0.848. The molecule has 2 heterocycles. The number of pyridine rings is 1. The van der Waals surface area contributed by atoms with Crippen molar-refractivity contribution in [1.82, 2.24) is 4.98 Å². The molecule has 90 valence electrons. The molecule has 1 atom stereocenters. The molecule has 0 spiro atoms. The van der Waals surface area contributed by atoms with E-state index in [4.69, 9.17) is 10.2 Å². The Hall–Kier alpha value is -1.55. The number of nitrogens with zero attached hydrogens (tertiary/aromatic N) is 1. The minimum absolute atomic E-state index is 0.0570. The van der Waals surface area contributed by atoms with Crippen LogP contribution in [0.4, 0.5) is 5.82 Å². The average molecular weight is 231 g/mol. The second-order valence-electron chi connectivity index (χ2n) is 5.01. The Labute approximate surface area is 100 Å². The average Bonchev–Trinajstić information content (AvgIpc) is 3.09. The van der Waals surface area contributed by atoms with E-state index in [2.05, 4.69) is 17.2 Å². The molecule has 4 nitrogen and oxygen atoms in total. The summed E-state index contributed by atoms with van der Waals surface area (Å²) >= 11 is 0. The second kappa shape index (κ2) is 3.74. The molecule has 1 fully saturated rings. The summed E-state index contributed by atoms with van der Waals surface area (Å²) in [5.74, 6) is 1.53. The number of nitrogens with one attached hydrogen (secondary N) is 1. The van der Waals surface area contributed by atoms with E-state index in [9.17, 15) is 0 Å². The maximum absolute atomic E-state index is 5.90. The molecule has 0 saturated heterocycles. The van der Waals surface area contributed by atoms with Gasteiger partial charge in [-0.3, -0.25) is 0 Å². The Bertz CT molecular complexity index is 532. The Kier molecular flexibility index (Phi) is 2.33. The monoisotopic (exact) mass is 231 g/mol. The van der Waals surface area contributed by atoms with Gasteiger partial charge in [0.05, 0.1) is 17.2 Å². The summed E-state index contributed by atoms with van der Waals surface area (Å²) in [6, 6.07) is 3.81. The zero-order chi connectivity index (χ0) is 11.9. The van der Waals surface area contributed by atoms with Crippen LogP contribution < -0.4 is 11.1 Å². The molecule has 3 rings (SSSR count). The molecule has 0 aromatic carbocycles. The molecular weight excluding hydrogens is 214 g/mol. The Morgan fingerprint density at radius 2 is 2.35 bits per heavy atom. The van der Waals surface area contributed by atoms with Crippen LogP contribution in [-0.4, -0.2) is 17.1 Å². The number of anilines is 1. The Morgan fingerprint density at radius 1 is 1.53 bits per heavy atom. The van der Waals surface area contributed by atoms with Gasteiger partial charge in [0.15, 0.2) is 0 Å². The highest BCUT2D eigenvalue weighted by molar-refractivity contribution is 5.88. The number of hydrogen-bond acceptors (Lipinski definition) is 4. The summed E-state index contributed by atoms with van der Waals surface area (Å²) in [6.07, 6.45) is 5.95. The van der Waals surface area contributed by atoms with Crippen molar-refractivity contribution in [2.75, 3.05) is 11.9 Å². The summed E-state index contributed by atoms with van der Waals surface area (Å²) in [7, 11) is 0. The predicted octanol–water partition coefficient (Wildman–Crippen LogP) is 2.37. The van der Waals surface area contributed by atoms with Crippen LogP contribution in [0.3, 0.4) is 0 Å². The first-order valence-corrected chi connectivity index (χ1v) is 6.03. The number of hydrogen-bond donors (Lipinski definition) is 2. The first-order chi connectivity index (χ1) is 8.23. The van der Waals surface area contributed by atoms with E-state index in [1.54, 1.807) is 12.5 Å². The van der Waals surface area contributed by atoms with Gasteiger partial charge in [0.1, 0.15) is 11.4 Å². The molecule has 0 amide bonds. The van der Waals surface area contributed by atoms with Crippen LogP contribution in [0.5, 0.6) is 0 Å². The van der Waals surface area contributed by atoms with Crippen molar-refractivity contribution in [3.63, 3.8) is 0 Å². The van der Waals surface area contributed by atoms with E-state index in [-0.39, 0.29) is 5.54 Å². The van der Waals surface area contributed by atoms with Gasteiger partial charge in [-0.2, -0.15) is 0 Å². The zero-order valence-electron chi connectivity index (χ0n) is 9.94. The van der Waals surface area contributed by atoms with E-state index in [0.29, 0.717) is 12.5 Å². The van der Waals surface area contributed by atoms with Crippen LogP contribution >= 0.6 is 0 Å². The van der Waals surface area contributed by atoms with Crippen LogP contribution in [0.2, 0.25) is 0 Å². The van der Waals surface area contributed by atoms with Crippen molar-refractivity contribution < 1.29 is 4.42 Å². The van der Waals surface area contributed by atoms with E-state index in [0.717, 1.165) is 16.8 Å². The molecule has 0 bridgehead atoms. The Balaban J connectivity index is 1.96. The maximum Gasteiger partial charge on any atom is 0.139 e. The first kappa shape index (κ1) is 10.6. The summed E-state index contributed by atoms with van der Waals surface area (Å²) in [4.78, 5) is 4.40. The smallest absolute Gasteiger partial charge is 0.139 e. The lowest BCUT2D eigenvalue weighted by molar-refractivity contribution is 0.458. The van der Waals surface area contributed by atoms with Gasteiger partial charge in [0, 0.05) is 12.7 Å². The number of nitrogens with two attached hydrogens (primary N) is 1. The lowest BCUT2D eigenvalue weighted by Gasteiger charge is -2.30. The lowest BCUT2D eigenvalue weighted by Crippen LogP contribution is -2.44. The van der Waals surface area contributed by atoms with E-state index < -0.39 is 0 Å². The highest BCUT2D eigenvalue weighted by Crippen LogP contribution is 2.41. The zero-order valence-corrected chi connectivity index (χ0v) is 9.94. The van der Waals surface area contributed by atoms with Crippen molar-refractivity contribution in [2.24, 2.45) is 11.7 Å². The van der Waals surface area contributed by atoms with Crippen LogP contribution in [0.25, 0.3) is 11.0 Å². The molecule has 4 heteroatoms. The van der Waals surface area contributed by atoms with Gasteiger partial charge < -0.3 is 15.5 Å². The summed E-state index contributed by atoms with van der Waals surface area (Å²) in [5.41, 5.74) is 6.70. The fourth-order valence-corrected chi connectivity index (χ4v) is 2.31. The second-order valence-corrected chi connectivity index (χ2v) is 5.01. The van der Waals surface area contributed by atoms with Crippen molar-refractivity contribution in [1.29, 1.82) is 0 Å². The van der Waals surface area contributed by atoms with E-state index in [1.165, 1.54) is 12.8 Å². The third-order valence-electron chi connectivity index (χ3n) is 3.69. The van der Waals surface area contributed by atoms with Gasteiger partial charge in [-0.15, -0.1) is 0 Å². The van der Waals surface area contributed by atoms with E-state index >= 15 is 0 Å². The van der Waals surface area contributed by atoms with Gasteiger partial charge in [-0.1, -0.05) is 0 Å². The van der Waals surface area contributed by atoms with Crippen LogP contribution in [-0.2, 0) is 0 Å². The minimum Gasteiger partial charge on any atom is -0.464 e. The maximum atomic E-state index is 5.90. The fourth-order valence-electron chi connectivity index (χ4n) is 2.31. The van der Waals surface area contributed by atoms with Crippen molar-refractivity contribution in [3.05, 3.63) is 24.6 Å². The normalized spacial score (nSPS) is 19.2. The molecule has 0 aliphatic heterocycles. The number of aromatic nitrogens is 1. The third kappa shape index (κ3) is 1.78. The highest BCUT2D eigenvalue weighted by Gasteiger charge is 2.40. The largest absolute Gasteiger partial charge is 0.464 e. The molecular formula is C13H17N3O. The van der Waals surface area contributed by atoms with Gasteiger partial charge in [0.25, 0.3) is 0 Å². The Morgan fingerprint density at radius 3 is 3.06 bits per heavy atom. The summed E-state index contributed by atoms with van der Waals surface area (Å²) in [6.45, 7) is 2.79. The molecule has 1 aliphatic carbocycles. The SMILES string of the molecule is CC(CN)(Nc1nccc2occc12)C1CC1. The third-order valence-corrected chi connectivity index (χ3v) is 3.69. The first-order valence-electron chi connectivity index (χ1n) is 6.03. The minimum atomic E-state index is -0.0570. The molecule has 17 heavy (non-hydrogen) atoms. The van der Waals surface area contributed by atoms with Crippen molar-refractivity contribution in [3.8, 4) is 0 Å². The molecule has 1 saturated carbocycles. The molecule has 2 aromatic heterocycles. The summed E-state index contributed by atoms with van der Waals surface area (Å²) in [5, 5.41) is 4.52. The molecule has 0 radical (unpaired) electrons. The van der Waals surface area contributed by atoms with Crippen LogP contribution in [0, 0.1) is 5.92 Å². The predicted molar refractivity (Wildman–Crippen MR) is 67.8 cm³/mol. The number of fused-ring (bicyclic) bond motifs is 1. The summed E-state index contributed by atoms with van der Waals surface area (Å²) < 4.78 is 5.37. The topological polar surface area (TPSA) is 64.1 Å². The van der Waals surface area contributed by atoms with Crippen LogP contribution in [0.1, 0.15) is 19.8 Å².